The third kappa shape index (κ3) is 1.25. The molecule has 2 heterocycles. The van der Waals surface area contributed by atoms with Gasteiger partial charge >= 0.3 is 0 Å². The normalized spacial score (nSPS) is 10.6. The predicted molar refractivity (Wildman–Crippen MR) is 54.0 cm³/mol. The lowest BCUT2D eigenvalue weighted by Crippen LogP contribution is -2.14. The van der Waals surface area contributed by atoms with Gasteiger partial charge in [-0.25, -0.2) is 4.98 Å². The van der Waals surface area contributed by atoms with Gasteiger partial charge in [0.2, 0.25) is 0 Å². The van der Waals surface area contributed by atoms with Gasteiger partial charge in [-0.15, -0.1) is 0 Å². The van der Waals surface area contributed by atoms with Crippen molar-refractivity contribution in [2.24, 2.45) is 5.73 Å². The van der Waals surface area contributed by atoms with Gasteiger partial charge in [-0.3, -0.25) is 4.79 Å². The van der Waals surface area contributed by atoms with Gasteiger partial charge in [0.1, 0.15) is 0 Å². The average molecular weight is 189 g/mol. The molecule has 72 valence electrons. The molecule has 0 saturated carbocycles. The number of primary amides is 1. The van der Waals surface area contributed by atoms with Gasteiger partial charge in [-0.1, -0.05) is 6.92 Å². The van der Waals surface area contributed by atoms with E-state index >= 15 is 0 Å². The van der Waals surface area contributed by atoms with E-state index in [2.05, 4.69) is 9.97 Å². The van der Waals surface area contributed by atoms with E-state index in [4.69, 9.17) is 5.73 Å². The van der Waals surface area contributed by atoms with Gasteiger partial charge < -0.3 is 10.7 Å². The fourth-order valence-electron chi connectivity index (χ4n) is 1.48. The minimum Gasteiger partial charge on any atom is -0.364 e. The van der Waals surface area contributed by atoms with E-state index in [1.165, 1.54) is 0 Å². The molecule has 0 spiro atoms. The molecule has 0 bridgehead atoms. The van der Waals surface area contributed by atoms with Crippen LogP contribution in [0.2, 0.25) is 0 Å². The van der Waals surface area contributed by atoms with Gasteiger partial charge in [-0.05, 0) is 18.6 Å². The first-order chi connectivity index (χ1) is 6.72. The molecule has 14 heavy (non-hydrogen) atoms. The Morgan fingerprint density at radius 2 is 2.43 bits per heavy atom. The number of nitrogens with one attached hydrogen (secondary N) is 1. The highest BCUT2D eigenvalue weighted by molar-refractivity contribution is 6.03. The number of H-pyrrole nitrogens is 1. The molecule has 0 unspecified atom stereocenters. The van der Waals surface area contributed by atoms with Crippen molar-refractivity contribution in [2.45, 2.75) is 13.3 Å². The van der Waals surface area contributed by atoms with E-state index in [0.29, 0.717) is 5.69 Å². The van der Waals surface area contributed by atoms with Crippen molar-refractivity contribution in [2.75, 3.05) is 0 Å². The third-order valence-electron chi connectivity index (χ3n) is 2.19. The minimum atomic E-state index is -0.493. The van der Waals surface area contributed by atoms with E-state index < -0.39 is 5.91 Å². The molecule has 0 aromatic carbocycles. The third-order valence-corrected chi connectivity index (χ3v) is 2.19. The van der Waals surface area contributed by atoms with Crippen LogP contribution < -0.4 is 5.73 Å². The molecule has 4 heteroatoms. The van der Waals surface area contributed by atoms with E-state index in [-0.39, 0.29) is 0 Å². The topological polar surface area (TPSA) is 71.8 Å². The number of fused-ring (bicyclic) bond motifs is 1. The van der Waals surface area contributed by atoms with Gasteiger partial charge in [0.15, 0.2) is 5.69 Å². The number of rotatable bonds is 2. The summed E-state index contributed by atoms with van der Waals surface area (Å²) in [6.45, 7) is 1.99. The number of hydrogen-bond acceptors (Lipinski definition) is 2. The maximum absolute atomic E-state index is 11.1. The van der Waals surface area contributed by atoms with Crippen molar-refractivity contribution < 1.29 is 4.79 Å². The number of aromatic amines is 1. The number of aryl methyl sites for hydroxylation is 1. The maximum atomic E-state index is 11.1. The lowest BCUT2D eigenvalue weighted by molar-refractivity contribution is 0.0997. The van der Waals surface area contributed by atoms with Crippen molar-refractivity contribution in [1.82, 2.24) is 9.97 Å². The van der Waals surface area contributed by atoms with Crippen LogP contribution in [0, 0.1) is 0 Å². The van der Waals surface area contributed by atoms with Crippen molar-refractivity contribution in [1.29, 1.82) is 0 Å². The first-order valence-electron chi connectivity index (χ1n) is 4.49. The monoisotopic (exact) mass is 189 g/mol. The second-order valence-corrected chi connectivity index (χ2v) is 3.12. The Labute approximate surface area is 81.1 Å². The van der Waals surface area contributed by atoms with E-state index in [1.807, 2.05) is 19.1 Å². The molecular formula is C10H11N3O. The second kappa shape index (κ2) is 3.14. The molecule has 0 aliphatic rings. The molecule has 0 aliphatic heterocycles. The summed E-state index contributed by atoms with van der Waals surface area (Å²) >= 11 is 0. The molecule has 4 nitrogen and oxygen atoms in total. The molecule has 0 saturated heterocycles. The standard InChI is InChI=1S/C10H11N3O/c1-2-7-5-6-3-4-12-8(6)9(13-7)10(11)14/h3-5,12H,2H2,1H3,(H2,11,14). The Kier molecular flexibility index (Phi) is 1.96. The lowest BCUT2D eigenvalue weighted by Gasteiger charge is -2.01. The Bertz CT molecular complexity index is 487. The van der Waals surface area contributed by atoms with Crippen LogP contribution in [0.3, 0.4) is 0 Å². The van der Waals surface area contributed by atoms with Crippen LogP contribution in [0.4, 0.5) is 0 Å². The number of amides is 1. The zero-order chi connectivity index (χ0) is 10.1. The fourth-order valence-corrected chi connectivity index (χ4v) is 1.48. The van der Waals surface area contributed by atoms with Gasteiger partial charge in [0.05, 0.1) is 5.52 Å². The molecular weight excluding hydrogens is 178 g/mol. The molecule has 1 amide bonds. The summed E-state index contributed by atoms with van der Waals surface area (Å²) in [5.41, 5.74) is 7.16. The molecule has 2 aromatic heterocycles. The van der Waals surface area contributed by atoms with Crippen LogP contribution in [0.5, 0.6) is 0 Å². The largest absolute Gasteiger partial charge is 0.364 e. The summed E-state index contributed by atoms with van der Waals surface area (Å²) in [6, 6.07) is 3.86. The summed E-state index contributed by atoms with van der Waals surface area (Å²) in [4.78, 5) is 18.3. The first kappa shape index (κ1) is 8.74. The van der Waals surface area contributed by atoms with Gasteiger partial charge in [0, 0.05) is 17.3 Å². The average Bonchev–Trinajstić information content (AvgIpc) is 2.63. The Hall–Kier alpha value is -1.84. The zero-order valence-corrected chi connectivity index (χ0v) is 7.87. The summed E-state index contributed by atoms with van der Waals surface area (Å²) in [5, 5.41) is 0.977. The van der Waals surface area contributed by atoms with E-state index in [1.54, 1.807) is 6.20 Å². The van der Waals surface area contributed by atoms with E-state index in [0.717, 1.165) is 23.0 Å². The second-order valence-electron chi connectivity index (χ2n) is 3.12. The van der Waals surface area contributed by atoms with Gasteiger partial charge in [-0.2, -0.15) is 0 Å². The number of pyridine rings is 1. The Morgan fingerprint density at radius 1 is 1.64 bits per heavy atom. The minimum absolute atomic E-state index is 0.323. The van der Waals surface area contributed by atoms with Crippen molar-refractivity contribution in [3.8, 4) is 0 Å². The number of hydrogen-bond donors (Lipinski definition) is 2. The number of aromatic nitrogens is 2. The molecule has 0 fully saturated rings. The number of carbonyl (C=O) groups excluding carboxylic acids is 1. The summed E-state index contributed by atoms with van der Waals surface area (Å²) in [5.74, 6) is -0.493. The molecule has 0 aliphatic carbocycles. The van der Waals surface area contributed by atoms with Crippen molar-refractivity contribution in [3.63, 3.8) is 0 Å². The summed E-state index contributed by atoms with van der Waals surface area (Å²) in [7, 11) is 0. The summed E-state index contributed by atoms with van der Waals surface area (Å²) in [6.07, 6.45) is 2.57. The molecule has 0 radical (unpaired) electrons. The predicted octanol–water partition coefficient (Wildman–Crippen LogP) is 1.22. The number of nitrogens with two attached hydrogens (primary N) is 1. The highest BCUT2D eigenvalue weighted by Crippen LogP contribution is 2.16. The lowest BCUT2D eigenvalue weighted by atomic mass is 10.2. The quantitative estimate of drug-likeness (QED) is 0.745. The van der Waals surface area contributed by atoms with Crippen molar-refractivity contribution >= 4 is 16.8 Å². The van der Waals surface area contributed by atoms with Crippen LogP contribution in [0.25, 0.3) is 10.9 Å². The van der Waals surface area contributed by atoms with Crippen molar-refractivity contribution in [3.05, 3.63) is 29.7 Å². The van der Waals surface area contributed by atoms with Crippen LogP contribution in [0.15, 0.2) is 18.3 Å². The molecule has 0 atom stereocenters. The fraction of sp³-hybridized carbons (Fsp3) is 0.200. The summed E-state index contributed by atoms with van der Waals surface area (Å²) < 4.78 is 0. The highest BCUT2D eigenvalue weighted by Gasteiger charge is 2.10. The smallest absolute Gasteiger partial charge is 0.269 e. The SMILES string of the molecule is CCc1cc2cc[nH]c2c(C(N)=O)n1. The molecule has 2 rings (SSSR count). The van der Waals surface area contributed by atoms with Crippen LogP contribution in [-0.4, -0.2) is 15.9 Å². The highest BCUT2D eigenvalue weighted by atomic mass is 16.1. The molecule has 3 N–H and O–H groups in total. The number of nitrogens with zero attached hydrogens (tertiary/aromatic N) is 1. The zero-order valence-electron chi connectivity index (χ0n) is 7.87. The Morgan fingerprint density at radius 3 is 3.07 bits per heavy atom. The number of carbonyl (C=O) groups is 1. The van der Waals surface area contributed by atoms with E-state index in [9.17, 15) is 4.79 Å². The van der Waals surface area contributed by atoms with Crippen LogP contribution in [0.1, 0.15) is 23.1 Å². The molecule has 2 aromatic rings. The van der Waals surface area contributed by atoms with Crippen LogP contribution >= 0.6 is 0 Å². The maximum Gasteiger partial charge on any atom is 0.269 e. The van der Waals surface area contributed by atoms with Crippen LogP contribution in [-0.2, 0) is 6.42 Å². The first-order valence-corrected chi connectivity index (χ1v) is 4.49. The van der Waals surface area contributed by atoms with Gasteiger partial charge in [0.25, 0.3) is 5.91 Å². The Balaban J connectivity index is 2.76.